The first-order valence-electron chi connectivity index (χ1n) is 8.41. The number of hydrogen-bond acceptors (Lipinski definition) is 6. The van der Waals surface area contributed by atoms with E-state index in [0.29, 0.717) is 19.6 Å². The highest BCUT2D eigenvalue weighted by atomic mass is 31.2. The lowest BCUT2D eigenvalue weighted by Gasteiger charge is -2.26. The third-order valence-electron chi connectivity index (χ3n) is 3.72. The van der Waals surface area contributed by atoms with Crippen molar-refractivity contribution in [3.05, 3.63) is 0 Å². The van der Waals surface area contributed by atoms with Crippen LogP contribution in [0.1, 0.15) is 54.9 Å². The zero-order valence-electron chi connectivity index (χ0n) is 15.4. The molecule has 1 heterocycles. The van der Waals surface area contributed by atoms with Crippen LogP contribution in [0, 0.1) is 11.8 Å². The zero-order chi connectivity index (χ0) is 17.8. The van der Waals surface area contributed by atoms with Crippen molar-refractivity contribution in [1.82, 2.24) is 5.32 Å². The summed E-state index contributed by atoms with van der Waals surface area (Å²) >= 11 is 0. The van der Waals surface area contributed by atoms with Crippen molar-refractivity contribution in [2.75, 3.05) is 13.2 Å². The maximum atomic E-state index is 13.0. The van der Waals surface area contributed by atoms with E-state index in [1.54, 1.807) is 13.8 Å². The molecule has 1 saturated heterocycles. The lowest BCUT2D eigenvalue weighted by atomic mass is 9.92. The summed E-state index contributed by atoms with van der Waals surface area (Å²) in [7, 11) is -3.29. The van der Waals surface area contributed by atoms with Crippen molar-refractivity contribution >= 4 is 13.6 Å². The molecular formula is C16H32NO5P. The highest BCUT2D eigenvalue weighted by Gasteiger charge is 2.49. The fourth-order valence-electron chi connectivity index (χ4n) is 2.87. The summed E-state index contributed by atoms with van der Waals surface area (Å²) in [6.45, 7) is 13.8. The molecule has 0 aliphatic carbocycles. The molecule has 23 heavy (non-hydrogen) atoms. The second-order valence-corrected chi connectivity index (χ2v) is 9.42. The maximum Gasteiger partial charge on any atom is 0.347 e. The van der Waals surface area contributed by atoms with Crippen LogP contribution in [0.3, 0.4) is 0 Å². The summed E-state index contributed by atoms with van der Waals surface area (Å²) < 4.78 is 29.4. The van der Waals surface area contributed by atoms with Gasteiger partial charge in [-0.1, -0.05) is 13.8 Å². The standard InChI is InChI=1S/C16H32NO5P/c1-8-20-23(19,21-9-2)13-10-12(14(17-13)11(3)4)15(18)22-16(5,6)7/h11-14,17H,8-10H2,1-7H3/t12-,13-,14+/m0/s1. The highest BCUT2D eigenvalue weighted by molar-refractivity contribution is 7.54. The molecule has 6 nitrogen and oxygen atoms in total. The van der Waals surface area contributed by atoms with Gasteiger partial charge in [0.25, 0.3) is 0 Å². The number of carbonyl (C=O) groups excluding carboxylic acids is 1. The molecule has 1 rings (SSSR count). The number of rotatable bonds is 7. The van der Waals surface area contributed by atoms with Crippen molar-refractivity contribution in [2.24, 2.45) is 11.8 Å². The molecule has 1 aliphatic heterocycles. The van der Waals surface area contributed by atoms with E-state index in [0.717, 1.165) is 0 Å². The van der Waals surface area contributed by atoms with Crippen molar-refractivity contribution in [3.8, 4) is 0 Å². The number of hydrogen-bond donors (Lipinski definition) is 1. The van der Waals surface area contributed by atoms with Crippen LogP contribution >= 0.6 is 7.60 Å². The second-order valence-electron chi connectivity index (χ2n) is 7.20. The first-order chi connectivity index (χ1) is 10.5. The third-order valence-corrected chi connectivity index (χ3v) is 6.08. The van der Waals surface area contributed by atoms with Gasteiger partial charge in [0.05, 0.1) is 19.1 Å². The number of carbonyl (C=O) groups is 1. The molecule has 3 atom stereocenters. The molecule has 7 heteroatoms. The van der Waals surface area contributed by atoms with E-state index in [9.17, 15) is 9.36 Å². The summed E-state index contributed by atoms with van der Waals surface area (Å²) in [5.41, 5.74) is -0.541. The van der Waals surface area contributed by atoms with E-state index in [4.69, 9.17) is 13.8 Å². The first kappa shape index (κ1) is 20.6. The van der Waals surface area contributed by atoms with Crippen LogP contribution in [-0.2, 0) is 23.1 Å². The first-order valence-corrected chi connectivity index (χ1v) is 10.0. The van der Waals surface area contributed by atoms with E-state index in [-0.39, 0.29) is 23.8 Å². The van der Waals surface area contributed by atoms with Crippen LogP contribution in [0.15, 0.2) is 0 Å². The van der Waals surface area contributed by atoms with Gasteiger partial charge < -0.3 is 13.8 Å². The Bertz CT molecular complexity index is 436. The minimum atomic E-state index is -3.29. The minimum Gasteiger partial charge on any atom is -0.460 e. The zero-order valence-corrected chi connectivity index (χ0v) is 16.3. The predicted molar refractivity (Wildman–Crippen MR) is 90.4 cm³/mol. The van der Waals surface area contributed by atoms with Gasteiger partial charge in [-0.15, -0.1) is 0 Å². The quantitative estimate of drug-likeness (QED) is 0.560. The molecule has 0 bridgehead atoms. The van der Waals surface area contributed by atoms with Gasteiger partial charge in [0.15, 0.2) is 0 Å². The van der Waals surface area contributed by atoms with Gasteiger partial charge >= 0.3 is 13.6 Å². The van der Waals surface area contributed by atoms with E-state index in [1.165, 1.54) is 0 Å². The molecule has 1 fully saturated rings. The molecule has 0 aromatic heterocycles. The van der Waals surface area contributed by atoms with Crippen LogP contribution in [0.25, 0.3) is 0 Å². The van der Waals surface area contributed by atoms with Crippen molar-refractivity contribution in [3.63, 3.8) is 0 Å². The van der Waals surface area contributed by atoms with Gasteiger partial charge in [-0.2, -0.15) is 0 Å². The molecule has 136 valence electrons. The Hall–Kier alpha value is -0.420. The minimum absolute atomic E-state index is 0.107. The van der Waals surface area contributed by atoms with E-state index < -0.39 is 19.0 Å². The highest BCUT2D eigenvalue weighted by Crippen LogP contribution is 2.56. The topological polar surface area (TPSA) is 73.9 Å². The Balaban J connectivity index is 2.96. The fourth-order valence-corrected chi connectivity index (χ4v) is 4.86. The molecule has 0 aromatic carbocycles. The Morgan fingerprint density at radius 3 is 2.13 bits per heavy atom. The van der Waals surface area contributed by atoms with Crippen LogP contribution in [0.5, 0.6) is 0 Å². The number of ether oxygens (including phenoxy) is 1. The molecule has 0 amide bonds. The van der Waals surface area contributed by atoms with Gasteiger partial charge in [-0.25, -0.2) is 0 Å². The second kappa shape index (κ2) is 8.11. The van der Waals surface area contributed by atoms with Crippen LogP contribution in [0.2, 0.25) is 0 Å². The Morgan fingerprint density at radius 1 is 1.22 bits per heavy atom. The van der Waals surface area contributed by atoms with Gasteiger partial charge in [0, 0.05) is 6.04 Å². The average molecular weight is 349 g/mol. The molecule has 1 aliphatic rings. The lowest BCUT2D eigenvalue weighted by molar-refractivity contribution is -0.160. The lowest BCUT2D eigenvalue weighted by Crippen LogP contribution is -2.40. The molecule has 0 radical (unpaired) electrons. The monoisotopic (exact) mass is 349 g/mol. The molecule has 0 spiro atoms. The van der Waals surface area contributed by atoms with Gasteiger partial charge in [0.2, 0.25) is 0 Å². The number of esters is 1. The average Bonchev–Trinajstić information content (AvgIpc) is 2.83. The summed E-state index contributed by atoms with van der Waals surface area (Å²) in [5.74, 6) is -0.888. The van der Waals surface area contributed by atoms with Crippen LogP contribution < -0.4 is 5.32 Å². The van der Waals surface area contributed by atoms with Gasteiger partial charge in [-0.05, 0) is 47.0 Å². The largest absolute Gasteiger partial charge is 0.460 e. The smallest absolute Gasteiger partial charge is 0.347 e. The maximum absolute atomic E-state index is 13.0. The van der Waals surface area contributed by atoms with Gasteiger partial charge in [0.1, 0.15) is 11.4 Å². The van der Waals surface area contributed by atoms with Crippen molar-refractivity contribution in [2.45, 2.75) is 72.3 Å². The predicted octanol–water partition coefficient (Wildman–Crippen LogP) is 3.55. The summed E-state index contributed by atoms with van der Waals surface area (Å²) in [6, 6.07) is -0.107. The summed E-state index contributed by atoms with van der Waals surface area (Å²) in [4.78, 5) is 12.5. The van der Waals surface area contributed by atoms with E-state index in [2.05, 4.69) is 5.32 Å². The van der Waals surface area contributed by atoms with Crippen molar-refractivity contribution in [1.29, 1.82) is 0 Å². The van der Waals surface area contributed by atoms with Crippen LogP contribution in [0.4, 0.5) is 0 Å². The molecule has 1 N–H and O–H groups in total. The molecule has 0 saturated carbocycles. The molecule has 0 aromatic rings. The van der Waals surface area contributed by atoms with Crippen LogP contribution in [-0.4, -0.2) is 36.6 Å². The van der Waals surface area contributed by atoms with E-state index >= 15 is 0 Å². The summed E-state index contributed by atoms with van der Waals surface area (Å²) in [5, 5.41) is 3.30. The van der Waals surface area contributed by atoms with Crippen molar-refractivity contribution < 1.29 is 23.1 Å². The molecule has 0 unspecified atom stereocenters. The van der Waals surface area contributed by atoms with Gasteiger partial charge in [-0.3, -0.25) is 14.7 Å². The Labute approximate surface area is 140 Å². The Kier molecular flexibility index (Phi) is 7.27. The number of nitrogens with one attached hydrogen (secondary N) is 1. The molecular weight excluding hydrogens is 317 g/mol. The van der Waals surface area contributed by atoms with E-state index in [1.807, 2.05) is 34.6 Å². The third kappa shape index (κ3) is 5.56. The fraction of sp³-hybridized carbons (Fsp3) is 0.938. The normalized spacial score (nSPS) is 25.8. The SMILES string of the molecule is CCOP(=O)(OCC)[C@H]1C[C@H](C(=O)OC(C)(C)C)[C@@H](C(C)C)N1. The Morgan fingerprint density at radius 2 is 1.74 bits per heavy atom. The summed E-state index contributed by atoms with van der Waals surface area (Å²) in [6.07, 6.45) is 0.398.